The van der Waals surface area contributed by atoms with Gasteiger partial charge in [0.05, 0.1) is 12.7 Å². The Hall–Kier alpha value is -2.60. The molecular weight excluding hydrogens is 352 g/mol. The maximum absolute atomic E-state index is 12.3. The molecule has 2 heterocycles. The van der Waals surface area contributed by atoms with Gasteiger partial charge >= 0.3 is 0 Å². The molecule has 0 aliphatic carbocycles. The van der Waals surface area contributed by atoms with Crippen molar-refractivity contribution in [3.63, 3.8) is 0 Å². The molecule has 3 N–H and O–H groups in total. The maximum atomic E-state index is 12.3. The van der Waals surface area contributed by atoms with Gasteiger partial charge in [0.25, 0.3) is 5.91 Å². The largest absolute Gasteiger partial charge is 0.497 e. The van der Waals surface area contributed by atoms with E-state index in [0.29, 0.717) is 18.0 Å². The second-order valence-corrected chi connectivity index (χ2v) is 7.28. The van der Waals surface area contributed by atoms with Crippen LogP contribution in [-0.4, -0.2) is 44.2 Å². The second kappa shape index (κ2) is 10.1. The van der Waals surface area contributed by atoms with E-state index in [1.807, 2.05) is 24.3 Å². The third-order valence-electron chi connectivity index (χ3n) is 5.37. The number of piperidine rings is 1. The number of carbonyl (C=O) groups excluding carboxylic acids is 1. The van der Waals surface area contributed by atoms with E-state index >= 15 is 0 Å². The number of amides is 1. The van der Waals surface area contributed by atoms with Crippen molar-refractivity contribution in [1.29, 1.82) is 0 Å². The van der Waals surface area contributed by atoms with Crippen molar-refractivity contribution in [1.82, 2.24) is 10.3 Å². The van der Waals surface area contributed by atoms with Crippen molar-refractivity contribution in [2.24, 2.45) is 11.7 Å². The smallest absolute Gasteiger partial charge is 0.252 e. The average Bonchev–Trinajstić information content (AvgIpc) is 2.77. The molecule has 2 aromatic rings. The molecule has 0 radical (unpaired) electrons. The molecule has 1 aliphatic rings. The molecule has 1 aromatic carbocycles. The Morgan fingerprint density at radius 1 is 1.21 bits per heavy atom. The summed E-state index contributed by atoms with van der Waals surface area (Å²) in [6.45, 7) is 3.36. The van der Waals surface area contributed by atoms with E-state index in [0.717, 1.165) is 56.9 Å². The van der Waals surface area contributed by atoms with Crippen LogP contribution < -0.4 is 20.7 Å². The normalized spacial score (nSPS) is 14.7. The highest BCUT2D eigenvalue weighted by Gasteiger charge is 2.19. The van der Waals surface area contributed by atoms with Crippen LogP contribution in [0.4, 0.5) is 5.82 Å². The van der Waals surface area contributed by atoms with Crippen molar-refractivity contribution in [2.45, 2.75) is 25.7 Å². The number of aryl methyl sites for hydroxylation is 1. The topological polar surface area (TPSA) is 80.5 Å². The number of benzene rings is 1. The fourth-order valence-electron chi connectivity index (χ4n) is 3.49. The molecule has 28 heavy (non-hydrogen) atoms. The van der Waals surface area contributed by atoms with Gasteiger partial charge in [-0.25, -0.2) is 4.98 Å². The van der Waals surface area contributed by atoms with Gasteiger partial charge in [-0.1, -0.05) is 12.1 Å². The number of nitrogens with zero attached hydrogens (tertiary/aromatic N) is 2. The Bertz CT molecular complexity index is 738. The third-order valence-corrected chi connectivity index (χ3v) is 5.37. The molecule has 0 atom stereocenters. The first-order valence-electron chi connectivity index (χ1n) is 10.0. The van der Waals surface area contributed by atoms with Crippen molar-refractivity contribution in [3.8, 4) is 5.75 Å². The minimum Gasteiger partial charge on any atom is -0.497 e. The highest BCUT2D eigenvalue weighted by atomic mass is 16.5. The van der Waals surface area contributed by atoms with Crippen LogP contribution in [0, 0.1) is 5.92 Å². The summed E-state index contributed by atoms with van der Waals surface area (Å²) in [5, 5.41) is 2.97. The quantitative estimate of drug-likeness (QED) is 0.686. The van der Waals surface area contributed by atoms with Crippen LogP contribution in [0.2, 0.25) is 0 Å². The van der Waals surface area contributed by atoms with Gasteiger partial charge in [-0.15, -0.1) is 0 Å². The predicted molar refractivity (Wildman–Crippen MR) is 112 cm³/mol. The van der Waals surface area contributed by atoms with E-state index in [1.54, 1.807) is 13.3 Å². The van der Waals surface area contributed by atoms with E-state index in [1.165, 1.54) is 5.56 Å². The molecule has 1 amide bonds. The highest BCUT2D eigenvalue weighted by Crippen LogP contribution is 2.21. The zero-order valence-corrected chi connectivity index (χ0v) is 16.6. The molecule has 6 heteroatoms. The summed E-state index contributed by atoms with van der Waals surface area (Å²) >= 11 is 0. The van der Waals surface area contributed by atoms with Gasteiger partial charge in [0.2, 0.25) is 0 Å². The molecule has 3 rings (SSSR count). The lowest BCUT2D eigenvalue weighted by molar-refractivity contribution is 0.0953. The molecule has 1 aromatic heterocycles. The van der Waals surface area contributed by atoms with Gasteiger partial charge < -0.3 is 20.7 Å². The first-order valence-corrected chi connectivity index (χ1v) is 10.0. The number of carbonyl (C=O) groups is 1. The number of methoxy groups -OCH3 is 1. The number of aromatic nitrogens is 1. The summed E-state index contributed by atoms with van der Waals surface area (Å²) in [5.74, 6) is 2.35. The lowest BCUT2D eigenvalue weighted by Gasteiger charge is -2.32. The van der Waals surface area contributed by atoms with Gasteiger partial charge in [0.1, 0.15) is 11.6 Å². The molecule has 0 unspecified atom stereocenters. The summed E-state index contributed by atoms with van der Waals surface area (Å²) in [5.41, 5.74) is 7.59. The summed E-state index contributed by atoms with van der Waals surface area (Å²) in [6, 6.07) is 11.8. The van der Waals surface area contributed by atoms with Crippen LogP contribution in [0.25, 0.3) is 0 Å². The monoisotopic (exact) mass is 382 g/mol. The number of nitrogens with one attached hydrogen (secondary N) is 1. The zero-order valence-electron chi connectivity index (χ0n) is 16.6. The zero-order chi connectivity index (χ0) is 19.8. The number of rotatable bonds is 8. The Balaban J connectivity index is 1.41. The number of hydrogen-bond donors (Lipinski definition) is 2. The Morgan fingerprint density at radius 2 is 1.96 bits per heavy atom. The van der Waals surface area contributed by atoms with Crippen LogP contribution in [0.15, 0.2) is 42.6 Å². The lowest BCUT2D eigenvalue weighted by Crippen LogP contribution is -2.36. The van der Waals surface area contributed by atoms with E-state index in [9.17, 15) is 4.79 Å². The Kier molecular flexibility index (Phi) is 7.25. The van der Waals surface area contributed by atoms with Crippen LogP contribution in [0.3, 0.4) is 0 Å². The Morgan fingerprint density at radius 3 is 2.57 bits per heavy atom. The maximum Gasteiger partial charge on any atom is 0.252 e. The second-order valence-electron chi connectivity index (χ2n) is 7.28. The van der Waals surface area contributed by atoms with Gasteiger partial charge in [-0.2, -0.15) is 0 Å². The van der Waals surface area contributed by atoms with Crippen molar-refractivity contribution < 1.29 is 9.53 Å². The van der Waals surface area contributed by atoms with Crippen LogP contribution in [-0.2, 0) is 6.42 Å². The van der Waals surface area contributed by atoms with Gasteiger partial charge in [-0.3, -0.25) is 4.79 Å². The SMILES string of the molecule is COc1ccc(CCCNC(=O)c2ccc(N3CCC(CN)CC3)nc2)cc1. The van der Waals surface area contributed by atoms with Crippen LogP contribution in [0.5, 0.6) is 5.75 Å². The lowest BCUT2D eigenvalue weighted by atomic mass is 9.97. The van der Waals surface area contributed by atoms with Gasteiger partial charge in [0, 0.05) is 25.8 Å². The van der Waals surface area contributed by atoms with E-state index in [2.05, 4.69) is 27.3 Å². The minimum absolute atomic E-state index is 0.0735. The van der Waals surface area contributed by atoms with Crippen molar-refractivity contribution >= 4 is 11.7 Å². The molecule has 6 nitrogen and oxygen atoms in total. The molecular formula is C22H30N4O2. The first-order chi connectivity index (χ1) is 13.7. The van der Waals surface area contributed by atoms with Gasteiger partial charge in [-0.05, 0) is 68.0 Å². The molecule has 0 bridgehead atoms. The van der Waals surface area contributed by atoms with Gasteiger partial charge in [0.15, 0.2) is 0 Å². The highest BCUT2D eigenvalue weighted by molar-refractivity contribution is 5.94. The molecule has 1 aliphatic heterocycles. The van der Waals surface area contributed by atoms with Crippen molar-refractivity contribution in [3.05, 3.63) is 53.7 Å². The van der Waals surface area contributed by atoms with E-state index < -0.39 is 0 Å². The molecule has 150 valence electrons. The fourth-order valence-corrected chi connectivity index (χ4v) is 3.49. The summed E-state index contributed by atoms with van der Waals surface area (Å²) in [7, 11) is 1.66. The molecule has 0 saturated carbocycles. The minimum atomic E-state index is -0.0735. The summed E-state index contributed by atoms with van der Waals surface area (Å²) in [6.07, 6.45) is 5.69. The first kappa shape index (κ1) is 20.1. The molecule has 1 saturated heterocycles. The predicted octanol–water partition coefficient (Wildman–Crippen LogP) is 2.63. The van der Waals surface area contributed by atoms with E-state index in [4.69, 9.17) is 10.5 Å². The Labute approximate surface area is 167 Å². The number of pyridine rings is 1. The molecule has 1 fully saturated rings. The number of anilines is 1. The standard InChI is InChI=1S/C22H30N4O2/c1-28-20-7-4-17(5-8-20)3-2-12-24-22(27)19-6-9-21(25-16-19)26-13-10-18(15-23)11-14-26/h4-9,16,18H,2-3,10-15,23H2,1H3,(H,24,27). The third kappa shape index (κ3) is 5.45. The summed E-state index contributed by atoms with van der Waals surface area (Å²) < 4.78 is 5.16. The van der Waals surface area contributed by atoms with Crippen molar-refractivity contribution in [2.75, 3.05) is 38.2 Å². The number of nitrogens with two attached hydrogens (primary N) is 1. The van der Waals surface area contributed by atoms with E-state index in [-0.39, 0.29) is 5.91 Å². The fraction of sp³-hybridized carbons (Fsp3) is 0.455. The number of ether oxygens (including phenoxy) is 1. The molecule has 0 spiro atoms. The van der Waals surface area contributed by atoms with Crippen LogP contribution >= 0.6 is 0 Å². The summed E-state index contributed by atoms with van der Waals surface area (Å²) in [4.78, 5) is 19.1. The number of hydrogen-bond acceptors (Lipinski definition) is 5. The van der Waals surface area contributed by atoms with Crippen LogP contribution in [0.1, 0.15) is 35.2 Å². The average molecular weight is 383 g/mol.